The van der Waals surface area contributed by atoms with E-state index >= 15 is 0 Å². The number of rotatable bonds is 6. The van der Waals surface area contributed by atoms with E-state index in [1.807, 2.05) is 24.3 Å². The molecule has 2 N–H and O–H groups in total. The van der Waals surface area contributed by atoms with Crippen LogP contribution in [0.25, 0.3) is 11.4 Å². The van der Waals surface area contributed by atoms with Crippen LogP contribution in [0, 0.1) is 0 Å². The van der Waals surface area contributed by atoms with E-state index in [4.69, 9.17) is 16.1 Å². The monoisotopic (exact) mass is 489 g/mol. The van der Waals surface area contributed by atoms with Gasteiger partial charge in [-0.3, -0.25) is 4.99 Å². The Morgan fingerprint density at radius 1 is 1.27 bits per heavy atom. The van der Waals surface area contributed by atoms with Gasteiger partial charge < -0.3 is 15.2 Å². The van der Waals surface area contributed by atoms with Gasteiger partial charge in [-0.25, -0.2) is 0 Å². The Morgan fingerprint density at radius 2 is 2.00 bits per heavy atom. The Morgan fingerprint density at radius 3 is 2.69 bits per heavy atom. The van der Waals surface area contributed by atoms with Crippen molar-refractivity contribution in [3.63, 3.8) is 0 Å². The number of aliphatic imine (C=N–C) groups is 1. The highest BCUT2D eigenvalue weighted by molar-refractivity contribution is 14.0. The summed E-state index contributed by atoms with van der Waals surface area (Å²) in [6.07, 6.45) is 5.65. The molecule has 1 fully saturated rings. The van der Waals surface area contributed by atoms with Crippen molar-refractivity contribution in [3.05, 3.63) is 35.2 Å². The van der Waals surface area contributed by atoms with Gasteiger partial charge >= 0.3 is 0 Å². The minimum atomic E-state index is 0. The second-order valence-corrected chi connectivity index (χ2v) is 6.59. The summed E-state index contributed by atoms with van der Waals surface area (Å²) in [6, 6.07) is 7.93. The van der Waals surface area contributed by atoms with Crippen molar-refractivity contribution in [2.45, 2.75) is 45.1 Å². The average molecular weight is 490 g/mol. The zero-order valence-electron chi connectivity index (χ0n) is 14.9. The SMILES string of the molecule is CCNC(=NCCc1nc(-c2ccc(Cl)cc2)no1)NC1CCCC1.I. The molecular weight excluding hydrogens is 465 g/mol. The summed E-state index contributed by atoms with van der Waals surface area (Å²) in [4.78, 5) is 9.04. The van der Waals surface area contributed by atoms with Gasteiger partial charge in [0, 0.05) is 29.6 Å². The smallest absolute Gasteiger partial charge is 0.228 e. The predicted molar refractivity (Wildman–Crippen MR) is 115 cm³/mol. The van der Waals surface area contributed by atoms with E-state index in [0.717, 1.165) is 18.1 Å². The molecule has 1 heterocycles. The lowest BCUT2D eigenvalue weighted by Gasteiger charge is -2.16. The first-order chi connectivity index (χ1) is 12.2. The quantitative estimate of drug-likeness (QED) is 0.364. The molecule has 2 aromatic rings. The fourth-order valence-electron chi connectivity index (χ4n) is 2.92. The third-order valence-electron chi connectivity index (χ3n) is 4.21. The van der Waals surface area contributed by atoms with E-state index in [-0.39, 0.29) is 24.0 Å². The van der Waals surface area contributed by atoms with E-state index in [0.29, 0.717) is 35.7 Å². The number of benzene rings is 1. The van der Waals surface area contributed by atoms with Crippen molar-refractivity contribution in [1.29, 1.82) is 0 Å². The summed E-state index contributed by atoms with van der Waals surface area (Å²) in [6.45, 7) is 3.52. The lowest BCUT2D eigenvalue weighted by molar-refractivity contribution is 0.380. The largest absolute Gasteiger partial charge is 0.357 e. The van der Waals surface area contributed by atoms with Crippen molar-refractivity contribution in [2.24, 2.45) is 4.99 Å². The molecule has 1 aromatic carbocycles. The molecule has 0 aliphatic heterocycles. The van der Waals surface area contributed by atoms with Gasteiger partial charge in [0.15, 0.2) is 5.96 Å². The van der Waals surface area contributed by atoms with E-state index < -0.39 is 0 Å². The lowest BCUT2D eigenvalue weighted by atomic mass is 10.2. The van der Waals surface area contributed by atoms with Crippen LogP contribution in [0.2, 0.25) is 5.02 Å². The van der Waals surface area contributed by atoms with Crippen molar-refractivity contribution in [1.82, 2.24) is 20.8 Å². The summed E-state index contributed by atoms with van der Waals surface area (Å²) in [7, 11) is 0. The molecule has 0 amide bonds. The molecule has 1 aliphatic carbocycles. The van der Waals surface area contributed by atoms with Gasteiger partial charge in [0.2, 0.25) is 11.7 Å². The van der Waals surface area contributed by atoms with Crippen LogP contribution >= 0.6 is 35.6 Å². The third-order valence-corrected chi connectivity index (χ3v) is 4.46. The molecule has 1 aromatic heterocycles. The van der Waals surface area contributed by atoms with Crippen molar-refractivity contribution in [3.8, 4) is 11.4 Å². The molecule has 0 atom stereocenters. The summed E-state index contributed by atoms with van der Waals surface area (Å²) < 4.78 is 5.32. The summed E-state index contributed by atoms with van der Waals surface area (Å²) in [5.74, 6) is 2.03. The average Bonchev–Trinajstić information content (AvgIpc) is 3.28. The predicted octanol–water partition coefficient (Wildman–Crippen LogP) is 4.05. The minimum Gasteiger partial charge on any atom is -0.357 e. The molecule has 26 heavy (non-hydrogen) atoms. The standard InChI is InChI=1S/C18H24ClN5O.HI/c1-2-20-18(22-15-5-3-4-6-15)21-12-11-16-23-17(24-25-16)13-7-9-14(19)10-8-13;/h7-10,15H,2-6,11-12H2,1H3,(H2,20,21,22);1H. The van der Waals surface area contributed by atoms with Gasteiger partial charge in [-0.05, 0) is 44.0 Å². The fraction of sp³-hybridized carbons (Fsp3) is 0.500. The van der Waals surface area contributed by atoms with Gasteiger partial charge in [0.05, 0.1) is 6.54 Å². The molecule has 1 aliphatic rings. The normalized spacial score (nSPS) is 14.9. The molecule has 0 saturated heterocycles. The van der Waals surface area contributed by atoms with Crippen LogP contribution in [0.15, 0.2) is 33.8 Å². The van der Waals surface area contributed by atoms with Crippen molar-refractivity contribution >= 4 is 41.5 Å². The number of guanidine groups is 1. The molecule has 1 saturated carbocycles. The Bertz CT molecular complexity index is 698. The first kappa shape index (κ1) is 21.0. The molecule has 0 bridgehead atoms. The van der Waals surface area contributed by atoms with Gasteiger partial charge in [-0.2, -0.15) is 4.98 Å². The van der Waals surface area contributed by atoms with E-state index in [1.54, 1.807) is 0 Å². The molecular formula is C18H25ClIN5O. The van der Waals surface area contributed by atoms with Crippen LogP contribution in [0.1, 0.15) is 38.5 Å². The van der Waals surface area contributed by atoms with E-state index in [2.05, 4.69) is 32.7 Å². The molecule has 6 nitrogen and oxygen atoms in total. The number of nitrogens with zero attached hydrogens (tertiary/aromatic N) is 3. The van der Waals surface area contributed by atoms with Gasteiger partial charge in [0.1, 0.15) is 0 Å². The Balaban J connectivity index is 0.00000243. The summed E-state index contributed by atoms with van der Waals surface area (Å²) in [5.41, 5.74) is 0.888. The Labute approximate surface area is 176 Å². The maximum absolute atomic E-state index is 5.90. The number of aromatic nitrogens is 2. The van der Waals surface area contributed by atoms with Gasteiger partial charge in [-0.15, -0.1) is 24.0 Å². The minimum absolute atomic E-state index is 0. The van der Waals surface area contributed by atoms with Crippen LogP contribution in [-0.4, -0.2) is 35.2 Å². The lowest BCUT2D eigenvalue weighted by Crippen LogP contribution is -2.42. The van der Waals surface area contributed by atoms with Crippen LogP contribution < -0.4 is 10.6 Å². The third kappa shape index (κ3) is 6.12. The van der Waals surface area contributed by atoms with Crippen LogP contribution in [-0.2, 0) is 6.42 Å². The highest BCUT2D eigenvalue weighted by atomic mass is 127. The number of nitrogens with one attached hydrogen (secondary N) is 2. The first-order valence-corrected chi connectivity index (χ1v) is 9.26. The second-order valence-electron chi connectivity index (χ2n) is 6.15. The molecule has 3 rings (SSSR count). The molecule has 0 unspecified atom stereocenters. The summed E-state index contributed by atoms with van der Waals surface area (Å²) >= 11 is 5.90. The highest BCUT2D eigenvalue weighted by Gasteiger charge is 2.16. The Kier molecular flexibility index (Phi) is 8.64. The number of hydrogen-bond acceptors (Lipinski definition) is 4. The van der Waals surface area contributed by atoms with Crippen LogP contribution in [0.4, 0.5) is 0 Å². The highest BCUT2D eigenvalue weighted by Crippen LogP contribution is 2.19. The zero-order chi connectivity index (χ0) is 17.5. The molecule has 8 heteroatoms. The maximum Gasteiger partial charge on any atom is 0.228 e. The van der Waals surface area contributed by atoms with E-state index in [9.17, 15) is 0 Å². The van der Waals surface area contributed by atoms with E-state index in [1.165, 1.54) is 25.7 Å². The molecule has 0 radical (unpaired) electrons. The van der Waals surface area contributed by atoms with Crippen molar-refractivity contribution in [2.75, 3.05) is 13.1 Å². The fourth-order valence-corrected chi connectivity index (χ4v) is 3.05. The van der Waals surface area contributed by atoms with Crippen LogP contribution in [0.3, 0.4) is 0 Å². The second kappa shape index (κ2) is 10.7. The Hall–Kier alpha value is -1.35. The molecule has 0 spiro atoms. The molecule has 142 valence electrons. The van der Waals surface area contributed by atoms with Gasteiger partial charge in [0.25, 0.3) is 0 Å². The van der Waals surface area contributed by atoms with Gasteiger partial charge in [-0.1, -0.05) is 29.6 Å². The van der Waals surface area contributed by atoms with Crippen LogP contribution in [0.5, 0.6) is 0 Å². The number of hydrogen-bond donors (Lipinski definition) is 2. The topological polar surface area (TPSA) is 75.3 Å². The zero-order valence-corrected chi connectivity index (χ0v) is 18.0. The maximum atomic E-state index is 5.90. The van der Waals surface area contributed by atoms with Crippen molar-refractivity contribution < 1.29 is 4.52 Å². The number of halogens is 2. The first-order valence-electron chi connectivity index (χ1n) is 8.88. The summed E-state index contributed by atoms with van der Waals surface area (Å²) in [5, 5.41) is 11.5.